The Kier molecular flexibility index (Phi) is 1.88. The third-order valence-electron chi connectivity index (χ3n) is 2.42. The summed E-state index contributed by atoms with van der Waals surface area (Å²) in [7, 11) is 0. The van der Waals surface area contributed by atoms with Crippen LogP contribution in [0.1, 0.15) is 35.2 Å². The zero-order valence-corrected chi connectivity index (χ0v) is 7.86. The Bertz CT molecular complexity index is 387. The van der Waals surface area contributed by atoms with Crippen molar-refractivity contribution in [3.05, 3.63) is 34.1 Å². The van der Waals surface area contributed by atoms with Crippen LogP contribution in [0.4, 0.5) is 4.39 Å². The first-order valence-corrected chi connectivity index (χ1v) is 4.50. The van der Waals surface area contributed by atoms with Crippen LogP contribution in [0.15, 0.2) is 12.1 Å². The van der Waals surface area contributed by atoms with Crippen molar-refractivity contribution in [3.63, 3.8) is 0 Å². The molecule has 0 saturated carbocycles. The molecule has 0 fully saturated rings. The second-order valence-electron chi connectivity index (χ2n) is 3.35. The van der Waals surface area contributed by atoms with Crippen molar-refractivity contribution in [1.82, 2.24) is 0 Å². The van der Waals surface area contributed by atoms with E-state index >= 15 is 0 Å². The van der Waals surface area contributed by atoms with Gasteiger partial charge in [0.05, 0.1) is 5.02 Å². The maximum absolute atomic E-state index is 13.4. The number of carbonyl (C=O) groups excluding carboxylic acids is 1. The van der Waals surface area contributed by atoms with E-state index in [4.69, 9.17) is 11.6 Å². The maximum atomic E-state index is 13.4. The molecule has 0 N–H and O–H groups in total. The summed E-state index contributed by atoms with van der Waals surface area (Å²) in [6, 6.07) is 3.04. The third-order valence-corrected chi connectivity index (χ3v) is 2.71. The highest BCUT2D eigenvalue weighted by atomic mass is 35.5. The molecule has 0 spiro atoms. The van der Waals surface area contributed by atoms with Crippen LogP contribution < -0.4 is 0 Å². The fraction of sp³-hybridized carbons (Fsp3) is 0.300. The molecule has 0 saturated heterocycles. The smallest absolute Gasteiger partial charge is 0.163 e. The van der Waals surface area contributed by atoms with Crippen molar-refractivity contribution in [2.24, 2.45) is 0 Å². The highest BCUT2D eigenvalue weighted by Gasteiger charge is 2.29. The van der Waals surface area contributed by atoms with E-state index < -0.39 is 5.82 Å². The number of rotatable bonds is 0. The molecule has 0 amide bonds. The summed E-state index contributed by atoms with van der Waals surface area (Å²) in [4.78, 5) is 11.3. The minimum Gasteiger partial charge on any atom is -0.294 e. The average molecular weight is 199 g/mol. The van der Waals surface area contributed by atoms with Gasteiger partial charge in [-0.1, -0.05) is 18.5 Å². The van der Waals surface area contributed by atoms with Gasteiger partial charge >= 0.3 is 0 Å². The zero-order chi connectivity index (χ0) is 9.59. The number of carbonyl (C=O) groups is 1. The minimum atomic E-state index is -0.433. The van der Waals surface area contributed by atoms with Crippen LogP contribution in [0, 0.1) is 5.82 Å². The number of halogens is 2. The molecule has 1 nitrogen and oxygen atoms in total. The van der Waals surface area contributed by atoms with Crippen molar-refractivity contribution < 1.29 is 9.18 Å². The molecule has 0 bridgehead atoms. The van der Waals surface area contributed by atoms with E-state index in [1.54, 1.807) is 6.07 Å². The van der Waals surface area contributed by atoms with Gasteiger partial charge in [0.15, 0.2) is 5.78 Å². The van der Waals surface area contributed by atoms with E-state index in [9.17, 15) is 9.18 Å². The predicted octanol–water partition coefficient (Wildman–Crippen LogP) is 3.17. The second-order valence-corrected chi connectivity index (χ2v) is 3.76. The lowest BCUT2D eigenvalue weighted by atomic mass is 10.0. The quantitative estimate of drug-likeness (QED) is 0.626. The number of hydrogen-bond acceptors (Lipinski definition) is 1. The van der Waals surface area contributed by atoms with Gasteiger partial charge < -0.3 is 0 Å². The van der Waals surface area contributed by atoms with Crippen molar-refractivity contribution >= 4 is 17.4 Å². The molecule has 0 heterocycles. The molecule has 1 unspecified atom stereocenters. The fourth-order valence-electron chi connectivity index (χ4n) is 1.78. The van der Waals surface area contributed by atoms with Gasteiger partial charge in [-0.2, -0.15) is 0 Å². The number of benzene rings is 1. The SMILES string of the molecule is CC1CC(=O)c2ccc(Cl)c(F)c21. The Balaban J connectivity index is 2.70. The third kappa shape index (κ3) is 1.17. The minimum absolute atomic E-state index is 0.0121. The van der Waals surface area contributed by atoms with Crippen LogP contribution in [0.3, 0.4) is 0 Å². The second kappa shape index (κ2) is 2.81. The lowest BCUT2D eigenvalue weighted by Crippen LogP contribution is -1.94. The lowest BCUT2D eigenvalue weighted by molar-refractivity contribution is 0.0990. The molecule has 1 aromatic carbocycles. The predicted molar refractivity (Wildman–Crippen MR) is 48.8 cm³/mol. The molecule has 68 valence electrons. The fourth-order valence-corrected chi connectivity index (χ4v) is 1.95. The van der Waals surface area contributed by atoms with Gasteiger partial charge in [0.1, 0.15) is 5.82 Å². The Morgan fingerprint density at radius 2 is 2.23 bits per heavy atom. The van der Waals surface area contributed by atoms with E-state index in [0.717, 1.165) is 0 Å². The molecule has 1 aromatic rings. The Hall–Kier alpha value is -0.890. The molecule has 1 aliphatic carbocycles. The van der Waals surface area contributed by atoms with Crippen molar-refractivity contribution in [1.29, 1.82) is 0 Å². The summed E-state index contributed by atoms with van der Waals surface area (Å²) in [5.41, 5.74) is 0.979. The van der Waals surface area contributed by atoms with Crippen LogP contribution in [-0.2, 0) is 0 Å². The molecule has 1 aliphatic rings. The van der Waals surface area contributed by atoms with Gasteiger partial charge in [0, 0.05) is 17.5 Å². The zero-order valence-electron chi connectivity index (χ0n) is 7.10. The molecule has 0 aliphatic heterocycles. The van der Waals surface area contributed by atoms with Crippen molar-refractivity contribution in [3.8, 4) is 0 Å². The van der Waals surface area contributed by atoms with Gasteiger partial charge in [-0.25, -0.2) is 4.39 Å². The van der Waals surface area contributed by atoms with Gasteiger partial charge in [0.2, 0.25) is 0 Å². The summed E-state index contributed by atoms with van der Waals surface area (Å²) in [5, 5.41) is 0.0975. The van der Waals surface area contributed by atoms with Gasteiger partial charge in [0.25, 0.3) is 0 Å². The van der Waals surface area contributed by atoms with E-state index in [2.05, 4.69) is 0 Å². The van der Waals surface area contributed by atoms with Gasteiger partial charge in [-0.3, -0.25) is 4.79 Å². The normalized spacial score (nSPS) is 20.5. The van der Waals surface area contributed by atoms with E-state index in [0.29, 0.717) is 17.5 Å². The molecule has 0 aromatic heterocycles. The topological polar surface area (TPSA) is 17.1 Å². The Morgan fingerprint density at radius 3 is 2.92 bits per heavy atom. The summed E-state index contributed by atoms with van der Waals surface area (Å²) in [6.07, 6.45) is 0.395. The molecule has 3 heteroatoms. The molecular formula is C10H8ClFO. The molecule has 1 atom stereocenters. The first-order valence-electron chi connectivity index (χ1n) is 4.12. The van der Waals surface area contributed by atoms with Crippen LogP contribution in [0.5, 0.6) is 0 Å². The van der Waals surface area contributed by atoms with Gasteiger partial charge in [-0.15, -0.1) is 0 Å². The molecule has 13 heavy (non-hydrogen) atoms. The van der Waals surface area contributed by atoms with Gasteiger partial charge in [-0.05, 0) is 18.1 Å². The maximum Gasteiger partial charge on any atom is 0.163 e. The first kappa shape index (κ1) is 8.70. The largest absolute Gasteiger partial charge is 0.294 e. The first-order chi connectivity index (χ1) is 6.11. The summed E-state index contributed by atoms with van der Waals surface area (Å²) < 4.78 is 13.4. The lowest BCUT2D eigenvalue weighted by Gasteiger charge is -2.05. The van der Waals surface area contributed by atoms with Crippen molar-refractivity contribution in [2.75, 3.05) is 0 Å². The summed E-state index contributed by atoms with van der Waals surface area (Å²) in [6.45, 7) is 1.84. The molecule has 0 radical (unpaired) electrons. The van der Waals surface area contributed by atoms with Crippen LogP contribution in [0.25, 0.3) is 0 Å². The average Bonchev–Trinajstić information content (AvgIpc) is 2.35. The van der Waals surface area contributed by atoms with E-state index in [-0.39, 0.29) is 16.7 Å². The summed E-state index contributed by atoms with van der Waals surface area (Å²) in [5.74, 6) is -0.461. The Morgan fingerprint density at radius 1 is 1.54 bits per heavy atom. The van der Waals surface area contributed by atoms with Crippen LogP contribution in [-0.4, -0.2) is 5.78 Å². The monoisotopic (exact) mass is 198 g/mol. The molecular weight excluding hydrogens is 191 g/mol. The summed E-state index contributed by atoms with van der Waals surface area (Å²) >= 11 is 5.62. The highest BCUT2D eigenvalue weighted by molar-refractivity contribution is 6.31. The Labute approximate surface area is 80.5 Å². The van der Waals surface area contributed by atoms with E-state index in [1.165, 1.54) is 6.07 Å². The van der Waals surface area contributed by atoms with Crippen LogP contribution in [0.2, 0.25) is 5.02 Å². The number of Topliss-reactive ketones (excluding diaryl/α,β-unsaturated/α-hetero) is 1. The number of ketones is 1. The highest BCUT2D eigenvalue weighted by Crippen LogP contribution is 2.36. The molecule has 2 rings (SSSR count). The standard InChI is InChI=1S/C10H8ClFO/c1-5-4-8(13)6-2-3-7(11)10(12)9(5)6/h2-3,5H,4H2,1H3. The number of hydrogen-bond donors (Lipinski definition) is 0. The van der Waals surface area contributed by atoms with Crippen molar-refractivity contribution in [2.45, 2.75) is 19.3 Å². The van der Waals surface area contributed by atoms with Crippen LogP contribution >= 0.6 is 11.6 Å². The van der Waals surface area contributed by atoms with E-state index in [1.807, 2.05) is 6.92 Å². The number of fused-ring (bicyclic) bond motifs is 1.